The van der Waals surface area contributed by atoms with E-state index in [1.54, 1.807) is 18.2 Å². The molecule has 1 aromatic carbocycles. The average Bonchev–Trinajstić information content (AvgIpc) is 2.80. The molecule has 32 heavy (non-hydrogen) atoms. The molecule has 1 rings (SSSR count). The zero-order valence-corrected chi connectivity index (χ0v) is 21.1. The third-order valence-electron chi connectivity index (χ3n) is 5.51. The highest BCUT2D eigenvalue weighted by atomic mass is 32.2. The highest BCUT2D eigenvalue weighted by Crippen LogP contribution is 2.13. The van der Waals surface area contributed by atoms with Crippen molar-refractivity contribution in [3.05, 3.63) is 30.3 Å². The van der Waals surface area contributed by atoms with E-state index < -0.39 is 10.1 Å². The van der Waals surface area contributed by atoms with Crippen LogP contribution in [0, 0.1) is 0 Å². The molecule has 186 valence electrons. The summed E-state index contributed by atoms with van der Waals surface area (Å²) in [6, 6.07) is 8.13. The van der Waals surface area contributed by atoms with Crippen molar-refractivity contribution < 1.29 is 22.1 Å². The molecular weight excluding hydrogens is 424 g/mol. The highest BCUT2D eigenvalue weighted by Gasteiger charge is 2.13. The van der Waals surface area contributed by atoms with Crippen LogP contribution in [0.1, 0.15) is 96.8 Å². The van der Waals surface area contributed by atoms with Crippen molar-refractivity contribution in [1.29, 1.82) is 0 Å². The van der Waals surface area contributed by atoms with Crippen LogP contribution >= 0.6 is 0 Å². The minimum Gasteiger partial charge on any atom is -0.379 e. The highest BCUT2D eigenvalue weighted by molar-refractivity contribution is 7.86. The summed E-state index contributed by atoms with van der Waals surface area (Å²) in [6.45, 7) is 4.26. The van der Waals surface area contributed by atoms with Crippen LogP contribution in [0.4, 0.5) is 0 Å². The van der Waals surface area contributed by atoms with Gasteiger partial charge in [0.2, 0.25) is 0 Å². The Labute approximate surface area is 197 Å². The molecule has 0 heterocycles. The van der Waals surface area contributed by atoms with Gasteiger partial charge in [0.1, 0.15) is 0 Å². The van der Waals surface area contributed by atoms with Gasteiger partial charge in [-0.1, -0.05) is 109 Å². The minimum atomic E-state index is -3.70. The van der Waals surface area contributed by atoms with E-state index in [1.165, 1.54) is 95.6 Å². The molecule has 0 radical (unpaired) electrons. The van der Waals surface area contributed by atoms with Gasteiger partial charge in [-0.2, -0.15) is 8.42 Å². The van der Waals surface area contributed by atoms with Gasteiger partial charge in [-0.25, -0.2) is 0 Å². The van der Waals surface area contributed by atoms with Gasteiger partial charge in [0.25, 0.3) is 10.1 Å². The van der Waals surface area contributed by atoms with Crippen LogP contribution in [0.2, 0.25) is 0 Å². The number of ether oxygens (including phenoxy) is 2. The summed E-state index contributed by atoms with van der Waals surface area (Å²) in [5.74, 6) is 0. The molecule has 0 N–H and O–H groups in total. The van der Waals surface area contributed by atoms with E-state index in [-0.39, 0.29) is 18.1 Å². The van der Waals surface area contributed by atoms with Crippen LogP contribution in [0.5, 0.6) is 0 Å². The lowest BCUT2D eigenvalue weighted by molar-refractivity contribution is 0.0359. The molecule has 0 bridgehead atoms. The lowest BCUT2D eigenvalue weighted by Crippen LogP contribution is -2.13. The van der Waals surface area contributed by atoms with E-state index in [2.05, 4.69) is 6.92 Å². The van der Waals surface area contributed by atoms with Crippen LogP contribution < -0.4 is 0 Å². The standard InChI is InChI=1S/C26H46O5S/c1-2-3-4-5-6-7-8-9-10-11-12-13-14-18-21-29-22-23-30-24-25-31-32(27,28)26-19-16-15-17-20-26/h15-17,19-20H,2-14,18,21-25H2,1H3. The first-order chi connectivity index (χ1) is 15.7. The largest absolute Gasteiger partial charge is 0.379 e. The number of rotatable bonds is 23. The quantitative estimate of drug-likeness (QED) is 0.128. The molecular formula is C26H46O5S. The van der Waals surface area contributed by atoms with E-state index in [0.717, 1.165) is 13.0 Å². The Morgan fingerprint density at radius 1 is 0.562 bits per heavy atom. The summed E-state index contributed by atoms with van der Waals surface area (Å²) in [5, 5.41) is 0. The van der Waals surface area contributed by atoms with Crippen LogP contribution in [0.15, 0.2) is 35.2 Å². The van der Waals surface area contributed by atoms with Gasteiger partial charge in [0, 0.05) is 6.61 Å². The van der Waals surface area contributed by atoms with Gasteiger partial charge in [-0.3, -0.25) is 4.18 Å². The molecule has 0 aliphatic rings. The zero-order chi connectivity index (χ0) is 23.2. The molecule has 5 nitrogen and oxygen atoms in total. The van der Waals surface area contributed by atoms with E-state index in [9.17, 15) is 8.42 Å². The normalized spacial score (nSPS) is 11.8. The second kappa shape index (κ2) is 20.6. The summed E-state index contributed by atoms with van der Waals surface area (Å²) < 4.78 is 39.8. The van der Waals surface area contributed by atoms with E-state index in [1.807, 2.05) is 0 Å². The maximum absolute atomic E-state index is 11.9. The molecule has 6 heteroatoms. The fourth-order valence-electron chi connectivity index (χ4n) is 3.58. The average molecular weight is 471 g/mol. The first-order valence-corrected chi connectivity index (χ1v) is 14.2. The van der Waals surface area contributed by atoms with Crippen LogP contribution in [-0.2, 0) is 23.8 Å². The van der Waals surface area contributed by atoms with Crippen molar-refractivity contribution >= 4 is 10.1 Å². The third-order valence-corrected chi connectivity index (χ3v) is 6.84. The number of unbranched alkanes of at least 4 members (excludes halogenated alkanes) is 13. The van der Waals surface area contributed by atoms with Gasteiger partial charge in [-0.15, -0.1) is 0 Å². The second-order valence-corrected chi connectivity index (χ2v) is 10.0. The zero-order valence-electron chi connectivity index (χ0n) is 20.3. The molecule has 0 spiro atoms. The molecule has 0 saturated carbocycles. The summed E-state index contributed by atoms with van der Waals surface area (Å²) in [5.41, 5.74) is 0. The maximum Gasteiger partial charge on any atom is 0.297 e. The molecule has 0 aromatic heterocycles. The predicted molar refractivity (Wildman–Crippen MR) is 132 cm³/mol. The predicted octanol–water partition coefficient (Wildman–Crippen LogP) is 6.91. The molecule has 0 atom stereocenters. The van der Waals surface area contributed by atoms with E-state index in [0.29, 0.717) is 13.2 Å². The number of hydrogen-bond donors (Lipinski definition) is 0. The topological polar surface area (TPSA) is 61.8 Å². The van der Waals surface area contributed by atoms with Gasteiger partial charge in [0.05, 0.1) is 31.3 Å². The van der Waals surface area contributed by atoms with Gasteiger partial charge < -0.3 is 9.47 Å². The number of hydrogen-bond acceptors (Lipinski definition) is 5. The van der Waals surface area contributed by atoms with Crippen molar-refractivity contribution in [1.82, 2.24) is 0 Å². The number of benzene rings is 1. The Hall–Kier alpha value is -0.950. The second-order valence-electron chi connectivity index (χ2n) is 8.41. The van der Waals surface area contributed by atoms with E-state index in [4.69, 9.17) is 13.7 Å². The fraction of sp³-hybridized carbons (Fsp3) is 0.769. The van der Waals surface area contributed by atoms with Crippen molar-refractivity contribution in [2.24, 2.45) is 0 Å². The molecule has 0 fully saturated rings. The third kappa shape index (κ3) is 16.7. The summed E-state index contributed by atoms with van der Waals surface area (Å²) >= 11 is 0. The molecule has 0 amide bonds. The first kappa shape index (κ1) is 29.1. The Kier molecular flexibility index (Phi) is 18.8. The Balaban J connectivity index is 1.76. The molecule has 0 aliphatic heterocycles. The van der Waals surface area contributed by atoms with Crippen molar-refractivity contribution in [3.8, 4) is 0 Å². The van der Waals surface area contributed by atoms with Crippen molar-refractivity contribution in [3.63, 3.8) is 0 Å². The summed E-state index contributed by atoms with van der Waals surface area (Å²) in [7, 11) is -3.70. The van der Waals surface area contributed by atoms with Crippen molar-refractivity contribution in [2.75, 3.05) is 33.0 Å². The Morgan fingerprint density at radius 2 is 1.00 bits per heavy atom. The monoisotopic (exact) mass is 470 g/mol. The van der Waals surface area contributed by atoms with Gasteiger partial charge in [-0.05, 0) is 18.6 Å². The molecule has 1 aromatic rings. The molecule has 0 aliphatic carbocycles. The lowest BCUT2D eigenvalue weighted by atomic mass is 10.0. The lowest BCUT2D eigenvalue weighted by Gasteiger charge is -2.07. The van der Waals surface area contributed by atoms with Crippen LogP contribution in [-0.4, -0.2) is 41.5 Å². The molecule has 0 saturated heterocycles. The van der Waals surface area contributed by atoms with Crippen molar-refractivity contribution in [2.45, 2.75) is 102 Å². The van der Waals surface area contributed by atoms with Crippen LogP contribution in [0.25, 0.3) is 0 Å². The smallest absolute Gasteiger partial charge is 0.297 e. The summed E-state index contributed by atoms with van der Waals surface area (Å²) in [4.78, 5) is 0.163. The Morgan fingerprint density at radius 3 is 1.53 bits per heavy atom. The summed E-state index contributed by atoms with van der Waals surface area (Å²) in [6.07, 6.45) is 19.0. The fourth-order valence-corrected chi connectivity index (χ4v) is 4.49. The van der Waals surface area contributed by atoms with Gasteiger partial charge in [0.15, 0.2) is 0 Å². The first-order valence-electron chi connectivity index (χ1n) is 12.8. The maximum atomic E-state index is 11.9. The molecule has 0 unspecified atom stereocenters. The van der Waals surface area contributed by atoms with Gasteiger partial charge >= 0.3 is 0 Å². The minimum absolute atomic E-state index is 0.0101. The Bertz CT molecular complexity index is 618. The van der Waals surface area contributed by atoms with Crippen LogP contribution in [0.3, 0.4) is 0 Å². The SMILES string of the molecule is CCCCCCCCCCCCCCCCOCCOCCOS(=O)(=O)c1ccccc1. The van der Waals surface area contributed by atoms with E-state index >= 15 is 0 Å².